The number of aromatic nitrogens is 3. The molecule has 7 heteroatoms. The molecule has 0 radical (unpaired) electrons. The van der Waals surface area contributed by atoms with E-state index in [0.717, 1.165) is 33.2 Å². The monoisotopic (exact) mass is 448 g/mol. The van der Waals surface area contributed by atoms with Gasteiger partial charge in [-0.3, -0.25) is 9.36 Å². The van der Waals surface area contributed by atoms with Crippen LogP contribution in [0.5, 0.6) is 0 Å². The number of anilines is 1. The number of rotatable bonds is 7. The number of nitrogens with zero attached hydrogens (tertiary/aromatic N) is 3. The van der Waals surface area contributed by atoms with E-state index in [1.807, 2.05) is 71.5 Å². The van der Waals surface area contributed by atoms with Crippen LogP contribution in [0, 0.1) is 6.92 Å². The normalized spacial score (nSPS) is 11.1. The van der Waals surface area contributed by atoms with Crippen molar-refractivity contribution in [3.63, 3.8) is 0 Å². The Morgan fingerprint density at radius 2 is 1.87 bits per heavy atom. The van der Waals surface area contributed by atoms with Crippen LogP contribution < -0.4 is 5.32 Å². The van der Waals surface area contributed by atoms with Crippen molar-refractivity contribution in [1.82, 2.24) is 14.8 Å². The number of benzene rings is 2. The molecule has 5 nitrogen and oxygen atoms in total. The van der Waals surface area contributed by atoms with E-state index >= 15 is 0 Å². The highest BCUT2D eigenvalue weighted by Gasteiger charge is 2.18. The van der Waals surface area contributed by atoms with Crippen LogP contribution in [0.4, 0.5) is 5.69 Å². The molecule has 0 aliphatic rings. The smallest absolute Gasteiger partial charge is 0.234 e. The highest BCUT2D eigenvalue weighted by atomic mass is 32.2. The average Bonchev–Trinajstić information content (AvgIpc) is 3.44. The summed E-state index contributed by atoms with van der Waals surface area (Å²) in [6.07, 6.45) is 0. The van der Waals surface area contributed by atoms with Gasteiger partial charge in [0.15, 0.2) is 11.0 Å². The van der Waals surface area contributed by atoms with Crippen molar-refractivity contribution in [1.29, 1.82) is 0 Å². The van der Waals surface area contributed by atoms with E-state index in [-0.39, 0.29) is 11.7 Å². The molecule has 0 bridgehead atoms. The van der Waals surface area contributed by atoms with Gasteiger partial charge in [-0.15, -0.1) is 21.5 Å². The fraction of sp³-hybridized carbons (Fsp3) is 0.208. The van der Waals surface area contributed by atoms with Crippen LogP contribution in [-0.4, -0.2) is 26.4 Å². The van der Waals surface area contributed by atoms with Crippen LogP contribution >= 0.6 is 23.1 Å². The Morgan fingerprint density at radius 3 is 2.58 bits per heavy atom. The Hall–Kier alpha value is -2.90. The van der Waals surface area contributed by atoms with Gasteiger partial charge in [-0.05, 0) is 47.5 Å². The lowest BCUT2D eigenvalue weighted by molar-refractivity contribution is -0.113. The summed E-state index contributed by atoms with van der Waals surface area (Å²) < 4.78 is 2.01. The third kappa shape index (κ3) is 4.73. The van der Waals surface area contributed by atoms with E-state index < -0.39 is 0 Å². The number of para-hydroxylation sites is 2. The topological polar surface area (TPSA) is 59.8 Å². The summed E-state index contributed by atoms with van der Waals surface area (Å²) >= 11 is 3.01. The second-order valence-electron chi connectivity index (χ2n) is 7.49. The number of carbonyl (C=O) groups is 1. The molecule has 0 saturated heterocycles. The third-order valence-corrected chi connectivity index (χ3v) is 6.71. The lowest BCUT2D eigenvalue weighted by Crippen LogP contribution is -2.17. The summed E-state index contributed by atoms with van der Waals surface area (Å²) in [5.74, 6) is 1.31. The summed E-state index contributed by atoms with van der Waals surface area (Å²) in [6, 6.07) is 20.1. The lowest BCUT2D eigenvalue weighted by Gasteiger charge is -2.16. The van der Waals surface area contributed by atoms with E-state index in [0.29, 0.717) is 11.1 Å². The third-order valence-electron chi connectivity index (χ3n) is 4.91. The van der Waals surface area contributed by atoms with Crippen molar-refractivity contribution in [2.24, 2.45) is 0 Å². The molecule has 2 heterocycles. The number of amides is 1. The predicted octanol–water partition coefficient (Wildman–Crippen LogP) is 6.16. The Morgan fingerprint density at radius 1 is 1.06 bits per heavy atom. The van der Waals surface area contributed by atoms with Crippen LogP contribution in [-0.2, 0) is 4.79 Å². The first kappa shape index (κ1) is 21.3. The van der Waals surface area contributed by atoms with Gasteiger partial charge in [0.2, 0.25) is 5.91 Å². The maximum atomic E-state index is 12.8. The first-order valence-corrected chi connectivity index (χ1v) is 12.0. The molecular formula is C24H24N4OS2. The molecule has 1 amide bonds. The zero-order valence-electron chi connectivity index (χ0n) is 17.7. The van der Waals surface area contributed by atoms with E-state index in [4.69, 9.17) is 0 Å². The van der Waals surface area contributed by atoms with Gasteiger partial charge in [0.05, 0.1) is 10.6 Å². The number of hydrogen-bond donors (Lipinski definition) is 1. The molecule has 2 aromatic heterocycles. The molecule has 0 aliphatic carbocycles. The van der Waals surface area contributed by atoms with Crippen molar-refractivity contribution < 1.29 is 4.79 Å². The minimum atomic E-state index is -0.0542. The first-order chi connectivity index (χ1) is 15.0. The average molecular weight is 449 g/mol. The molecule has 1 N–H and O–H groups in total. The summed E-state index contributed by atoms with van der Waals surface area (Å²) in [4.78, 5) is 13.8. The fourth-order valence-electron chi connectivity index (χ4n) is 3.39. The van der Waals surface area contributed by atoms with E-state index in [2.05, 4.69) is 35.4 Å². The molecule has 4 rings (SSSR count). The molecular weight excluding hydrogens is 424 g/mol. The number of thioether (sulfide) groups is 1. The second-order valence-corrected chi connectivity index (χ2v) is 9.38. The van der Waals surface area contributed by atoms with Crippen molar-refractivity contribution in [2.45, 2.75) is 31.8 Å². The fourth-order valence-corrected chi connectivity index (χ4v) is 4.84. The largest absolute Gasteiger partial charge is 0.325 e. The molecule has 31 heavy (non-hydrogen) atoms. The summed E-state index contributed by atoms with van der Waals surface area (Å²) in [5, 5.41) is 14.6. The number of aryl methyl sites for hydroxylation is 1. The quantitative estimate of drug-likeness (QED) is 0.344. The molecule has 0 fully saturated rings. The zero-order valence-corrected chi connectivity index (χ0v) is 19.3. The van der Waals surface area contributed by atoms with Gasteiger partial charge in [-0.1, -0.05) is 68.1 Å². The molecule has 0 spiro atoms. The Bertz CT molecular complexity index is 1170. The van der Waals surface area contributed by atoms with Gasteiger partial charge in [-0.2, -0.15) is 0 Å². The highest BCUT2D eigenvalue weighted by Crippen LogP contribution is 2.31. The SMILES string of the molecule is Cc1cccc(C(C)C)c1NC(=O)CSc1nnc(-c2cccs2)n1-c1ccccc1. The van der Waals surface area contributed by atoms with Crippen LogP contribution in [0.3, 0.4) is 0 Å². The molecule has 2 aromatic carbocycles. The second kappa shape index (κ2) is 9.49. The molecule has 0 atom stereocenters. The zero-order chi connectivity index (χ0) is 21.8. The van der Waals surface area contributed by atoms with Gasteiger partial charge < -0.3 is 5.32 Å². The van der Waals surface area contributed by atoms with Crippen molar-refractivity contribution in [3.05, 3.63) is 77.2 Å². The maximum absolute atomic E-state index is 12.8. The summed E-state index contributed by atoms with van der Waals surface area (Å²) in [5.41, 5.74) is 4.09. The lowest BCUT2D eigenvalue weighted by atomic mass is 9.98. The van der Waals surface area contributed by atoms with E-state index in [1.165, 1.54) is 11.8 Å². The highest BCUT2D eigenvalue weighted by molar-refractivity contribution is 7.99. The standard InChI is InChI=1S/C24H24N4OS2/c1-16(2)19-12-7-9-17(3)22(19)25-21(29)15-31-24-27-26-23(20-13-8-14-30-20)28(24)18-10-5-4-6-11-18/h4-14,16H,15H2,1-3H3,(H,25,29). The van der Waals surface area contributed by atoms with Crippen LogP contribution in [0.15, 0.2) is 71.2 Å². The van der Waals surface area contributed by atoms with Crippen molar-refractivity contribution in [2.75, 3.05) is 11.1 Å². The number of thiophene rings is 1. The Balaban J connectivity index is 1.57. The van der Waals surface area contributed by atoms with Gasteiger partial charge in [0.1, 0.15) is 0 Å². The molecule has 0 saturated carbocycles. The summed E-state index contributed by atoms with van der Waals surface area (Å²) in [6.45, 7) is 6.29. The first-order valence-electron chi connectivity index (χ1n) is 10.1. The van der Waals surface area contributed by atoms with Gasteiger partial charge in [-0.25, -0.2) is 0 Å². The summed E-state index contributed by atoms with van der Waals surface area (Å²) in [7, 11) is 0. The van der Waals surface area contributed by atoms with E-state index in [1.54, 1.807) is 11.3 Å². The number of hydrogen-bond acceptors (Lipinski definition) is 5. The van der Waals surface area contributed by atoms with Gasteiger partial charge in [0, 0.05) is 11.4 Å². The molecule has 158 valence electrons. The maximum Gasteiger partial charge on any atom is 0.234 e. The minimum Gasteiger partial charge on any atom is -0.325 e. The minimum absolute atomic E-state index is 0.0542. The number of nitrogens with one attached hydrogen (secondary N) is 1. The van der Waals surface area contributed by atoms with Crippen molar-refractivity contribution in [3.8, 4) is 16.4 Å². The van der Waals surface area contributed by atoms with Gasteiger partial charge >= 0.3 is 0 Å². The molecule has 4 aromatic rings. The molecule has 0 unspecified atom stereocenters. The Kier molecular flexibility index (Phi) is 6.53. The Labute approximate surface area is 190 Å². The van der Waals surface area contributed by atoms with Gasteiger partial charge in [0.25, 0.3) is 0 Å². The van der Waals surface area contributed by atoms with E-state index in [9.17, 15) is 4.79 Å². The predicted molar refractivity (Wildman–Crippen MR) is 129 cm³/mol. The van der Waals surface area contributed by atoms with Crippen LogP contribution in [0.25, 0.3) is 16.4 Å². The molecule has 0 aliphatic heterocycles. The van der Waals surface area contributed by atoms with Crippen molar-refractivity contribution >= 4 is 34.7 Å². The van der Waals surface area contributed by atoms with Crippen LogP contribution in [0.1, 0.15) is 30.9 Å². The number of carbonyl (C=O) groups excluding carboxylic acids is 1. The van der Waals surface area contributed by atoms with Crippen LogP contribution in [0.2, 0.25) is 0 Å².